The molecule has 0 aliphatic carbocycles. The summed E-state index contributed by atoms with van der Waals surface area (Å²) in [5.41, 5.74) is 3.88. The summed E-state index contributed by atoms with van der Waals surface area (Å²) in [6.45, 7) is 0.749. The molecule has 0 radical (unpaired) electrons. The number of carbonyl (C=O) groups excluding carboxylic acids is 1. The molecule has 0 bridgehead atoms. The number of carbonyl (C=O) groups is 1. The van der Waals surface area contributed by atoms with E-state index in [-0.39, 0.29) is 12.1 Å². The van der Waals surface area contributed by atoms with Crippen molar-refractivity contribution < 1.29 is 4.79 Å². The predicted molar refractivity (Wildman–Crippen MR) is 101 cm³/mol. The maximum Gasteiger partial charge on any atom is 0.322 e. The highest BCUT2D eigenvalue weighted by Crippen LogP contribution is 2.32. The lowest BCUT2D eigenvalue weighted by Gasteiger charge is -2.35. The van der Waals surface area contributed by atoms with Gasteiger partial charge in [0.25, 0.3) is 0 Å². The summed E-state index contributed by atoms with van der Waals surface area (Å²) in [6, 6.07) is 11.7. The molecule has 4 rings (SSSR count). The van der Waals surface area contributed by atoms with E-state index in [9.17, 15) is 4.79 Å². The van der Waals surface area contributed by atoms with Crippen LogP contribution in [-0.2, 0) is 0 Å². The fourth-order valence-corrected chi connectivity index (χ4v) is 3.53. The number of rotatable bonds is 3. The summed E-state index contributed by atoms with van der Waals surface area (Å²) in [5, 5.41) is 10.00. The maximum atomic E-state index is 13.0. The van der Waals surface area contributed by atoms with Gasteiger partial charge in [0.1, 0.15) is 0 Å². The van der Waals surface area contributed by atoms with E-state index in [1.54, 1.807) is 18.6 Å². The van der Waals surface area contributed by atoms with Crippen LogP contribution in [0.3, 0.4) is 0 Å². The van der Waals surface area contributed by atoms with E-state index in [1.165, 1.54) is 0 Å². The van der Waals surface area contributed by atoms with Crippen LogP contribution in [0.1, 0.15) is 30.9 Å². The highest BCUT2D eigenvalue weighted by atomic mass is 16.2. The van der Waals surface area contributed by atoms with Crippen LogP contribution in [0.2, 0.25) is 0 Å². The lowest BCUT2D eigenvalue weighted by atomic mass is 9.98. The quantitative estimate of drug-likeness (QED) is 0.744. The van der Waals surface area contributed by atoms with Gasteiger partial charge in [-0.2, -0.15) is 5.10 Å². The molecule has 2 aromatic heterocycles. The predicted octanol–water partition coefficient (Wildman–Crippen LogP) is 4.23. The van der Waals surface area contributed by atoms with E-state index in [1.807, 2.05) is 47.5 Å². The molecule has 1 aliphatic heterocycles. The van der Waals surface area contributed by atoms with Crippen LogP contribution in [0.4, 0.5) is 10.5 Å². The Hall–Kier alpha value is -3.15. The Kier molecular flexibility index (Phi) is 4.64. The van der Waals surface area contributed by atoms with Gasteiger partial charge in [-0.3, -0.25) is 10.1 Å². The number of anilines is 1. The van der Waals surface area contributed by atoms with Crippen molar-refractivity contribution >= 4 is 11.7 Å². The molecule has 1 fully saturated rings. The number of piperidine rings is 1. The highest BCUT2D eigenvalue weighted by Gasteiger charge is 2.29. The first-order chi connectivity index (χ1) is 12.8. The van der Waals surface area contributed by atoms with Crippen molar-refractivity contribution in [2.75, 3.05) is 11.9 Å². The molecule has 1 saturated heterocycles. The molecule has 0 unspecified atom stereocenters. The fourth-order valence-electron chi connectivity index (χ4n) is 3.53. The summed E-state index contributed by atoms with van der Waals surface area (Å²) in [6.07, 6.45) is 10.3. The van der Waals surface area contributed by atoms with Gasteiger partial charge >= 0.3 is 6.03 Å². The molecule has 26 heavy (non-hydrogen) atoms. The van der Waals surface area contributed by atoms with Gasteiger partial charge in [0.15, 0.2) is 0 Å². The Balaban J connectivity index is 1.58. The van der Waals surface area contributed by atoms with Crippen molar-refractivity contribution in [2.24, 2.45) is 0 Å². The molecule has 6 nitrogen and oxygen atoms in total. The van der Waals surface area contributed by atoms with Crippen LogP contribution in [0, 0.1) is 0 Å². The van der Waals surface area contributed by atoms with E-state index >= 15 is 0 Å². The number of nitrogens with zero attached hydrogens (tertiary/aromatic N) is 3. The lowest BCUT2D eigenvalue weighted by molar-refractivity contribution is 0.163. The van der Waals surface area contributed by atoms with Crippen LogP contribution < -0.4 is 5.32 Å². The monoisotopic (exact) mass is 347 g/mol. The van der Waals surface area contributed by atoms with Crippen molar-refractivity contribution in [2.45, 2.75) is 25.3 Å². The van der Waals surface area contributed by atoms with Crippen LogP contribution in [0.5, 0.6) is 0 Å². The van der Waals surface area contributed by atoms with Crippen LogP contribution in [0.15, 0.2) is 61.2 Å². The average Bonchev–Trinajstić information content (AvgIpc) is 3.24. The van der Waals surface area contributed by atoms with Crippen LogP contribution in [-0.4, -0.2) is 32.7 Å². The van der Waals surface area contributed by atoms with Gasteiger partial charge in [-0.25, -0.2) is 4.79 Å². The normalized spacial score (nSPS) is 17.1. The number of H-pyrrole nitrogens is 1. The molecule has 2 amide bonds. The minimum absolute atomic E-state index is 0.0654. The van der Waals surface area contributed by atoms with Crippen LogP contribution in [0.25, 0.3) is 11.1 Å². The number of hydrogen-bond acceptors (Lipinski definition) is 3. The average molecular weight is 347 g/mol. The number of pyridine rings is 1. The first kappa shape index (κ1) is 16.3. The minimum Gasteiger partial charge on any atom is -0.317 e. The minimum atomic E-state index is -0.0718. The molecular formula is C20H21N5O. The van der Waals surface area contributed by atoms with Gasteiger partial charge in [-0.1, -0.05) is 18.2 Å². The second-order valence-electron chi connectivity index (χ2n) is 6.45. The molecule has 6 heteroatoms. The van der Waals surface area contributed by atoms with E-state index in [2.05, 4.69) is 20.5 Å². The van der Waals surface area contributed by atoms with Gasteiger partial charge in [-0.05, 0) is 43.0 Å². The molecule has 1 aliphatic rings. The van der Waals surface area contributed by atoms with Crippen molar-refractivity contribution in [1.29, 1.82) is 0 Å². The van der Waals surface area contributed by atoms with Gasteiger partial charge < -0.3 is 10.2 Å². The molecule has 0 spiro atoms. The van der Waals surface area contributed by atoms with E-state index < -0.39 is 0 Å². The molecule has 1 aromatic carbocycles. The Morgan fingerprint density at radius 2 is 2.00 bits per heavy atom. The molecular weight excluding hydrogens is 326 g/mol. The topological polar surface area (TPSA) is 73.9 Å². The molecule has 132 valence electrons. The Morgan fingerprint density at radius 1 is 1.15 bits per heavy atom. The first-order valence-corrected chi connectivity index (χ1v) is 8.88. The number of benzene rings is 1. The maximum absolute atomic E-state index is 13.0. The van der Waals surface area contributed by atoms with Crippen molar-refractivity contribution in [3.8, 4) is 11.1 Å². The zero-order valence-electron chi connectivity index (χ0n) is 14.4. The number of aromatic nitrogens is 3. The molecule has 0 saturated carbocycles. The Bertz CT molecular complexity index is 863. The second-order valence-corrected chi connectivity index (χ2v) is 6.45. The summed E-state index contributed by atoms with van der Waals surface area (Å²) in [4.78, 5) is 19.0. The zero-order valence-corrected chi connectivity index (χ0v) is 14.4. The lowest BCUT2D eigenvalue weighted by Crippen LogP contribution is -2.41. The van der Waals surface area contributed by atoms with E-state index in [0.29, 0.717) is 0 Å². The van der Waals surface area contributed by atoms with Gasteiger partial charge in [0, 0.05) is 36.3 Å². The summed E-state index contributed by atoms with van der Waals surface area (Å²) < 4.78 is 0. The third-order valence-electron chi connectivity index (χ3n) is 4.83. The number of urea groups is 1. The van der Waals surface area contributed by atoms with E-state index in [0.717, 1.165) is 48.2 Å². The SMILES string of the molecule is O=C(Nc1ccccc1-c1ccncc1)N1CCCC[C@@H]1c1cn[nH]c1. The smallest absolute Gasteiger partial charge is 0.317 e. The van der Waals surface area contributed by atoms with Crippen molar-refractivity contribution in [3.05, 3.63) is 66.7 Å². The standard InChI is InChI=1S/C20H21N5O/c26-20(25-12-4-3-7-19(25)16-13-22-23-14-16)24-18-6-2-1-5-17(18)15-8-10-21-11-9-15/h1-2,5-6,8-11,13-14,19H,3-4,7,12H2,(H,22,23)(H,24,26)/t19-/m1/s1. The molecule has 2 N–H and O–H groups in total. The second kappa shape index (κ2) is 7.39. The van der Waals surface area contributed by atoms with Gasteiger partial charge in [0.2, 0.25) is 0 Å². The van der Waals surface area contributed by atoms with Crippen molar-refractivity contribution in [1.82, 2.24) is 20.1 Å². The van der Waals surface area contributed by atoms with E-state index in [4.69, 9.17) is 0 Å². The summed E-state index contributed by atoms with van der Waals surface area (Å²) in [5.74, 6) is 0. The highest BCUT2D eigenvalue weighted by molar-refractivity contribution is 5.94. The number of amides is 2. The van der Waals surface area contributed by atoms with Gasteiger partial charge in [0.05, 0.1) is 17.9 Å². The molecule has 1 atom stereocenters. The Labute approximate surface area is 152 Å². The third kappa shape index (κ3) is 3.31. The third-order valence-corrected chi connectivity index (χ3v) is 4.83. The summed E-state index contributed by atoms with van der Waals surface area (Å²) >= 11 is 0. The first-order valence-electron chi connectivity index (χ1n) is 8.88. The Morgan fingerprint density at radius 3 is 2.81 bits per heavy atom. The summed E-state index contributed by atoms with van der Waals surface area (Å²) in [7, 11) is 0. The number of para-hydroxylation sites is 1. The molecule has 3 heterocycles. The number of nitrogens with one attached hydrogen (secondary N) is 2. The number of aromatic amines is 1. The number of hydrogen-bond donors (Lipinski definition) is 2. The molecule has 3 aromatic rings. The largest absolute Gasteiger partial charge is 0.322 e. The fraction of sp³-hybridized carbons (Fsp3) is 0.250. The van der Waals surface area contributed by atoms with Crippen molar-refractivity contribution in [3.63, 3.8) is 0 Å². The number of likely N-dealkylation sites (tertiary alicyclic amines) is 1. The van der Waals surface area contributed by atoms with Gasteiger partial charge in [-0.15, -0.1) is 0 Å². The zero-order chi connectivity index (χ0) is 17.8. The van der Waals surface area contributed by atoms with Crippen LogP contribution >= 0.6 is 0 Å².